The van der Waals surface area contributed by atoms with Crippen LogP contribution in [0.15, 0.2) is 18.2 Å². The lowest BCUT2D eigenvalue weighted by Gasteiger charge is -2.36. The maximum absolute atomic E-state index is 5.89. The average Bonchev–Trinajstić information content (AvgIpc) is 2.51. The van der Waals surface area contributed by atoms with E-state index in [-0.39, 0.29) is 5.41 Å². The smallest absolute Gasteiger partial charge is 0.0678 e. The van der Waals surface area contributed by atoms with Crippen LogP contribution in [0.2, 0.25) is 0 Å². The summed E-state index contributed by atoms with van der Waals surface area (Å²) in [5, 5.41) is 0. The third-order valence-electron chi connectivity index (χ3n) is 5.49. The molecule has 1 saturated heterocycles. The van der Waals surface area contributed by atoms with Crippen LogP contribution < -0.4 is 0 Å². The number of benzene rings is 1. The quantitative estimate of drug-likeness (QED) is 0.627. The molecule has 1 aliphatic heterocycles. The summed E-state index contributed by atoms with van der Waals surface area (Å²) < 4.78 is 5.89. The Morgan fingerprint density at radius 3 is 2.38 bits per heavy atom. The molecule has 1 fully saturated rings. The van der Waals surface area contributed by atoms with Crippen LogP contribution in [-0.4, -0.2) is 36.7 Å². The van der Waals surface area contributed by atoms with Crippen LogP contribution in [0.3, 0.4) is 0 Å². The molecule has 0 aromatic heterocycles. The number of hydrogen-bond acceptors (Lipinski definition) is 2. The van der Waals surface area contributed by atoms with Crippen molar-refractivity contribution in [2.24, 2.45) is 5.92 Å². The van der Waals surface area contributed by atoms with Crippen molar-refractivity contribution in [1.29, 1.82) is 0 Å². The first kappa shape index (κ1) is 21.4. The molecule has 2 rings (SSSR count). The van der Waals surface area contributed by atoms with Gasteiger partial charge in [-0.3, -0.25) is 4.90 Å². The number of nitrogens with zero attached hydrogens (tertiary/aromatic N) is 1. The third-order valence-corrected chi connectivity index (χ3v) is 5.49. The van der Waals surface area contributed by atoms with E-state index in [4.69, 9.17) is 4.74 Å². The van der Waals surface area contributed by atoms with Crippen molar-refractivity contribution in [2.75, 3.05) is 19.6 Å². The van der Waals surface area contributed by atoms with Crippen LogP contribution in [0, 0.1) is 5.92 Å². The molecule has 0 amide bonds. The van der Waals surface area contributed by atoms with Gasteiger partial charge in [0.2, 0.25) is 0 Å². The topological polar surface area (TPSA) is 12.5 Å². The summed E-state index contributed by atoms with van der Waals surface area (Å²) in [6.07, 6.45) is 5.66. The van der Waals surface area contributed by atoms with E-state index < -0.39 is 0 Å². The Hall–Kier alpha value is -0.860. The van der Waals surface area contributed by atoms with Gasteiger partial charge >= 0.3 is 0 Å². The van der Waals surface area contributed by atoms with Crippen molar-refractivity contribution in [3.8, 4) is 0 Å². The van der Waals surface area contributed by atoms with Crippen LogP contribution in [0.25, 0.3) is 0 Å². The summed E-state index contributed by atoms with van der Waals surface area (Å²) in [4.78, 5) is 2.60. The highest BCUT2D eigenvalue weighted by Gasteiger charge is 2.24. The van der Waals surface area contributed by atoms with Crippen molar-refractivity contribution in [1.82, 2.24) is 4.90 Å². The zero-order chi connectivity index (χ0) is 19.3. The van der Waals surface area contributed by atoms with E-state index in [2.05, 4.69) is 71.6 Å². The summed E-state index contributed by atoms with van der Waals surface area (Å²) in [5.41, 5.74) is 4.96. The molecule has 1 aromatic carbocycles. The fraction of sp³-hybridized carbons (Fsp3) is 0.750. The van der Waals surface area contributed by atoms with Crippen LogP contribution in [0.4, 0.5) is 0 Å². The molecular formula is C24H41NO. The third kappa shape index (κ3) is 6.09. The van der Waals surface area contributed by atoms with Crippen LogP contribution in [0.5, 0.6) is 0 Å². The van der Waals surface area contributed by atoms with Gasteiger partial charge in [-0.25, -0.2) is 0 Å². The highest BCUT2D eigenvalue weighted by Crippen LogP contribution is 2.30. The number of rotatable bonds is 7. The molecule has 0 spiro atoms. The summed E-state index contributed by atoms with van der Waals surface area (Å²) >= 11 is 0. The normalized spacial score (nSPS) is 23.2. The predicted octanol–water partition coefficient (Wildman–Crippen LogP) is 5.61. The Morgan fingerprint density at radius 2 is 1.81 bits per heavy atom. The van der Waals surface area contributed by atoms with Gasteiger partial charge in [-0.2, -0.15) is 0 Å². The lowest BCUT2D eigenvalue weighted by atomic mass is 9.79. The molecule has 2 heteroatoms. The second-order valence-corrected chi connectivity index (χ2v) is 9.58. The van der Waals surface area contributed by atoms with Crippen LogP contribution in [-0.2, 0) is 23.0 Å². The second kappa shape index (κ2) is 9.37. The summed E-state index contributed by atoms with van der Waals surface area (Å²) in [5.74, 6) is 0.670. The van der Waals surface area contributed by atoms with Gasteiger partial charge in [0.25, 0.3) is 0 Å². The first-order chi connectivity index (χ1) is 12.2. The maximum Gasteiger partial charge on any atom is 0.0678 e. The zero-order valence-electron chi connectivity index (χ0n) is 18.3. The summed E-state index contributed by atoms with van der Waals surface area (Å²) in [7, 11) is 0. The van der Waals surface area contributed by atoms with Gasteiger partial charge in [-0.1, -0.05) is 59.2 Å². The summed E-state index contributed by atoms with van der Waals surface area (Å²) in [6.45, 7) is 19.5. The molecule has 2 nitrogen and oxygen atoms in total. The lowest BCUT2D eigenvalue weighted by molar-refractivity contribution is -0.0709. The van der Waals surface area contributed by atoms with Crippen molar-refractivity contribution >= 4 is 0 Å². The Balaban J connectivity index is 2.12. The van der Waals surface area contributed by atoms with E-state index >= 15 is 0 Å². The Bertz CT molecular complexity index is 550. The first-order valence-electron chi connectivity index (χ1n) is 10.7. The second-order valence-electron chi connectivity index (χ2n) is 9.58. The van der Waals surface area contributed by atoms with Gasteiger partial charge in [0.1, 0.15) is 0 Å². The number of ether oxygens (including phenoxy) is 1. The van der Waals surface area contributed by atoms with E-state index in [1.54, 1.807) is 16.7 Å². The monoisotopic (exact) mass is 359 g/mol. The molecule has 1 heterocycles. The molecular weight excluding hydrogens is 318 g/mol. The first-order valence-corrected chi connectivity index (χ1v) is 10.7. The molecule has 0 aliphatic carbocycles. The van der Waals surface area contributed by atoms with Gasteiger partial charge in [0.05, 0.1) is 12.2 Å². The number of hydrogen-bond donors (Lipinski definition) is 0. The van der Waals surface area contributed by atoms with Crippen LogP contribution >= 0.6 is 0 Å². The zero-order valence-corrected chi connectivity index (χ0v) is 18.3. The molecule has 26 heavy (non-hydrogen) atoms. The fourth-order valence-corrected chi connectivity index (χ4v) is 4.49. The van der Waals surface area contributed by atoms with E-state index in [1.807, 2.05) is 0 Å². The Kier molecular flexibility index (Phi) is 7.73. The van der Waals surface area contributed by atoms with E-state index in [9.17, 15) is 0 Å². The Labute approximate surface area is 162 Å². The van der Waals surface area contributed by atoms with Crippen molar-refractivity contribution in [3.63, 3.8) is 0 Å². The summed E-state index contributed by atoms with van der Waals surface area (Å²) in [6, 6.07) is 7.00. The minimum absolute atomic E-state index is 0.220. The molecule has 1 unspecified atom stereocenters. The van der Waals surface area contributed by atoms with Gasteiger partial charge in [-0.15, -0.1) is 0 Å². The lowest BCUT2D eigenvalue weighted by Crippen LogP contribution is -2.47. The molecule has 0 bridgehead atoms. The van der Waals surface area contributed by atoms with Gasteiger partial charge in [0.15, 0.2) is 0 Å². The molecule has 1 aromatic rings. The van der Waals surface area contributed by atoms with E-state index in [0.717, 1.165) is 13.1 Å². The molecule has 1 aliphatic rings. The van der Waals surface area contributed by atoms with E-state index in [0.29, 0.717) is 18.1 Å². The standard InChI is InChI=1S/C24H41NO/c1-8-9-12-22-21(11-10-13-23(22)24(5,6)7)14-18(2)15-25-16-19(3)26-20(4)17-25/h10-11,13,18-20H,8-9,12,14-17H2,1-7H3/t18?,19-,20+. The van der Waals surface area contributed by atoms with E-state index in [1.165, 1.54) is 32.2 Å². The largest absolute Gasteiger partial charge is 0.373 e. The minimum Gasteiger partial charge on any atom is -0.373 e. The predicted molar refractivity (Wildman–Crippen MR) is 113 cm³/mol. The SMILES string of the molecule is CCCCc1c(CC(C)CN2C[C@@H](C)O[C@@H](C)C2)cccc1C(C)(C)C. The Morgan fingerprint density at radius 1 is 1.15 bits per heavy atom. The molecule has 148 valence electrons. The fourth-order valence-electron chi connectivity index (χ4n) is 4.49. The van der Waals surface area contributed by atoms with Crippen LogP contribution in [0.1, 0.15) is 78.0 Å². The molecule has 0 N–H and O–H groups in total. The molecule has 3 atom stereocenters. The van der Waals surface area contributed by atoms with Gasteiger partial charge in [-0.05, 0) is 61.1 Å². The number of unbranched alkanes of at least 4 members (excludes halogenated alkanes) is 1. The minimum atomic E-state index is 0.220. The highest BCUT2D eigenvalue weighted by atomic mass is 16.5. The number of morpholine rings is 1. The van der Waals surface area contributed by atoms with Gasteiger partial charge in [0, 0.05) is 19.6 Å². The van der Waals surface area contributed by atoms with Crippen molar-refractivity contribution < 1.29 is 4.74 Å². The molecule has 0 radical (unpaired) electrons. The van der Waals surface area contributed by atoms with Crippen molar-refractivity contribution in [2.45, 2.75) is 91.8 Å². The maximum atomic E-state index is 5.89. The highest BCUT2D eigenvalue weighted by molar-refractivity contribution is 5.39. The average molecular weight is 360 g/mol. The van der Waals surface area contributed by atoms with Crippen molar-refractivity contribution in [3.05, 3.63) is 34.9 Å². The molecule has 0 saturated carbocycles. The van der Waals surface area contributed by atoms with Gasteiger partial charge < -0.3 is 4.74 Å².